The Morgan fingerprint density at radius 3 is 2.00 bits per heavy atom. The Labute approximate surface area is 146 Å². The van der Waals surface area contributed by atoms with Crippen molar-refractivity contribution in [3.05, 3.63) is 48.0 Å². The first-order valence-electron chi connectivity index (χ1n) is 8.05. The third-order valence-electron chi connectivity index (χ3n) is 4.49. The largest absolute Gasteiger partial charge is 0.480 e. The highest BCUT2D eigenvalue weighted by atomic mass is 16.4. The summed E-state index contributed by atoms with van der Waals surface area (Å²) < 4.78 is 0. The maximum atomic E-state index is 12.4. The zero-order chi connectivity index (χ0) is 18.8. The molecule has 0 saturated carbocycles. The summed E-state index contributed by atoms with van der Waals surface area (Å²) in [6.45, 7) is 4.96. The molecular weight excluding hydrogens is 320 g/mol. The number of carboxylic acid groups (broad SMARTS) is 2. The number of carbonyl (C=O) groups excluding carboxylic acids is 1. The van der Waals surface area contributed by atoms with Crippen LogP contribution in [0.3, 0.4) is 0 Å². The summed E-state index contributed by atoms with van der Waals surface area (Å²) in [6, 6.07) is 12.7. The zero-order valence-electron chi connectivity index (χ0n) is 14.6. The molecule has 2 aromatic carbocycles. The Bertz CT molecular complexity index is 810. The predicted octanol–water partition coefficient (Wildman–Crippen LogP) is 3.54. The van der Waals surface area contributed by atoms with Crippen LogP contribution in [-0.4, -0.2) is 27.9 Å². The molecule has 0 aliphatic heterocycles. The number of aliphatic carboxylic acids is 2. The second-order valence-corrected chi connectivity index (χ2v) is 7.36. The first-order chi connectivity index (χ1) is 11.6. The second kappa shape index (κ2) is 6.67. The van der Waals surface area contributed by atoms with Gasteiger partial charge in [0.15, 0.2) is 5.41 Å². The molecule has 0 aliphatic carbocycles. The first-order valence-corrected chi connectivity index (χ1v) is 8.05. The quantitative estimate of drug-likeness (QED) is 0.783. The van der Waals surface area contributed by atoms with Gasteiger partial charge in [0.2, 0.25) is 0 Å². The fourth-order valence-electron chi connectivity index (χ4n) is 2.77. The van der Waals surface area contributed by atoms with Crippen LogP contribution in [0.15, 0.2) is 42.5 Å². The van der Waals surface area contributed by atoms with Crippen LogP contribution in [0.4, 0.5) is 0 Å². The van der Waals surface area contributed by atoms with Gasteiger partial charge in [0.1, 0.15) is 5.78 Å². The van der Waals surface area contributed by atoms with Gasteiger partial charge in [0, 0.05) is 18.3 Å². The van der Waals surface area contributed by atoms with Gasteiger partial charge in [-0.1, -0.05) is 63.2 Å². The molecule has 0 unspecified atom stereocenters. The van der Waals surface area contributed by atoms with Gasteiger partial charge in [-0.05, 0) is 16.3 Å². The third-order valence-corrected chi connectivity index (χ3v) is 4.49. The van der Waals surface area contributed by atoms with Gasteiger partial charge in [-0.25, -0.2) is 0 Å². The number of hydrogen-bond donors (Lipinski definition) is 2. The van der Waals surface area contributed by atoms with Crippen molar-refractivity contribution >= 4 is 28.5 Å². The third kappa shape index (κ3) is 3.71. The molecule has 2 rings (SSSR count). The summed E-state index contributed by atoms with van der Waals surface area (Å²) in [6.07, 6.45) is -0.800. The number of carbonyl (C=O) groups is 3. The SMILES string of the molecule is CC(C)(C)C(=O)CC(Cc1cccc2ccccc12)(C(=O)O)C(=O)O. The summed E-state index contributed by atoms with van der Waals surface area (Å²) in [4.78, 5) is 36.3. The van der Waals surface area contributed by atoms with Crippen molar-refractivity contribution in [2.75, 3.05) is 0 Å². The van der Waals surface area contributed by atoms with E-state index in [1.54, 1.807) is 32.9 Å². The molecule has 0 amide bonds. The lowest BCUT2D eigenvalue weighted by Gasteiger charge is -2.28. The maximum Gasteiger partial charge on any atom is 0.321 e. The summed E-state index contributed by atoms with van der Waals surface area (Å²) in [5, 5.41) is 21.1. The minimum Gasteiger partial charge on any atom is -0.480 e. The van der Waals surface area contributed by atoms with Gasteiger partial charge in [-0.2, -0.15) is 0 Å². The summed E-state index contributed by atoms with van der Waals surface area (Å²) in [5.41, 5.74) is -2.40. The Hall–Kier alpha value is -2.69. The van der Waals surface area contributed by atoms with E-state index in [1.807, 2.05) is 30.3 Å². The first kappa shape index (κ1) is 18.6. The van der Waals surface area contributed by atoms with Crippen LogP contribution in [0.25, 0.3) is 10.8 Å². The molecule has 5 heteroatoms. The Morgan fingerprint density at radius 1 is 0.880 bits per heavy atom. The molecule has 132 valence electrons. The second-order valence-electron chi connectivity index (χ2n) is 7.36. The molecule has 0 spiro atoms. The molecule has 25 heavy (non-hydrogen) atoms. The fraction of sp³-hybridized carbons (Fsp3) is 0.350. The minimum absolute atomic E-state index is 0.249. The van der Waals surface area contributed by atoms with Crippen LogP contribution in [0, 0.1) is 10.8 Å². The van der Waals surface area contributed by atoms with Gasteiger partial charge in [-0.15, -0.1) is 0 Å². The van der Waals surface area contributed by atoms with Crippen LogP contribution in [0.2, 0.25) is 0 Å². The van der Waals surface area contributed by atoms with E-state index in [4.69, 9.17) is 0 Å². The van der Waals surface area contributed by atoms with Crippen LogP contribution >= 0.6 is 0 Å². The van der Waals surface area contributed by atoms with Crippen LogP contribution in [0.5, 0.6) is 0 Å². The maximum absolute atomic E-state index is 12.4. The molecule has 0 aromatic heterocycles. The number of carboxylic acids is 2. The molecule has 0 saturated heterocycles. The highest BCUT2D eigenvalue weighted by molar-refractivity contribution is 6.04. The van der Waals surface area contributed by atoms with E-state index >= 15 is 0 Å². The predicted molar refractivity (Wildman–Crippen MR) is 94.4 cm³/mol. The molecule has 0 heterocycles. The summed E-state index contributed by atoms with van der Waals surface area (Å²) >= 11 is 0. The van der Waals surface area contributed by atoms with Crippen LogP contribution in [-0.2, 0) is 20.8 Å². The van der Waals surface area contributed by atoms with Gasteiger partial charge in [-0.3, -0.25) is 14.4 Å². The van der Waals surface area contributed by atoms with E-state index in [0.29, 0.717) is 5.56 Å². The normalized spacial score (nSPS) is 12.1. The Kier molecular flexibility index (Phi) is 4.97. The highest BCUT2D eigenvalue weighted by Gasteiger charge is 2.49. The van der Waals surface area contributed by atoms with Crippen molar-refractivity contribution < 1.29 is 24.6 Å². The molecule has 0 radical (unpaired) electrons. The van der Waals surface area contributed by atoms with E-state index in [2.05, 4.69) is 0 Å². The lowest BCUT2D eigenvalue weighted by molar-refractivity contribution is -0.167. The van der Waals surface area contributed by atoms with E-state index < -0.39 is 35.0 Å². The van der Waals surface area contributed by atoms with E-state index in [-0.39, 0.29) is 6.42 Å². The smallest absolute Gasteiger partial charge is 0.321 e. The van der Waals surface area contributed by atoms with Crippen molar-refractivity contribution in [3.8, 4) is 0 Å². The molecule has 2 N–H and O–H groups in total. The number of rotatable bonds is 6. The number of hydrogen-bond acceptors (Lipinski definition) is 3. The van der Waals surface area contributed by atoms with Crippen LogP contribution < -0.4 is 0 Å². The van der Waals surface area contributed by atoms with Crippen molar-refractivity contribution in [1.82, 2.24) is 0 Å². The molecule has 0 aliphatic rings. The topological polar surface area (TPSA) is 91.7 Å². The highest BCUT2D eigenvalue weighted by Crippen LogP contribution is 2.34. The monoisotopic (exact) mass is 342 g/mol. The van der Waals surface area contributed by atoms with Crippen LogP contribution in [0.1, 0.15) is 32.8 Å². The molecule has 0 bridgehead atoms. The summed E-state index contributed by atoms with van der Waals surface area (Å²) in [5.74, 6) is -3.38. The number of Topliss-reactive ketones (excluding diaryl/α,β-unsaturated/α-hetero) is 1. The molecule has 2 aromatic rings. The summed E-state index contributed by atoms with van der Waals surface area (Å²) in [7, 11) is 0. The van der Waals surface area contributed by atoms with Gasteiger partial charge >= 0.3 is 11.9 Å². The average Bonchev–Trinajstić information content (AvgIpc) is 2.53. The molecule has 0 fully saturated rings. The van der Waals surface area contributed by atoms with E-state index in [1.165, 1.54) is 0 Å². The number of ketones is 1. The van der Waals surface area contributed by atoms with Crippen molar-refractivity contribution in [2.24, 2.45) is 10.8 Å². The van der Waals surface area contributed by atoms with Crippen molar-refractivity contribution in [3.63, 3.8) is 0 Å². The Morgan fingerprint density at radius 2 is 1.44 bits per heavy atom. The average molecular weight is 342 g/mol. The van der Waals surface area contributed by atoms with Gasteiger partial charge in [0.05, 0.1) is 0 Å². The number of benzene rings is 2. The molecule has 0 atom stereocenters. The zero-order valence-corrected chi connectivity index (χ0v) is 14.6. The van der Waals surface area contributed by atoms with E-state index in [9.17, 15) is 24.6 Å². The minimum atomic E-state index is -2.19. The van der Waals surface area contributed by atoms with Crippen molar-refractivity contribution in [2.45, 2.75) is 33.6 Å². The Balaban J connectivity index is 2.54. The lowest BCUT2D eigenvalue weighted by atomic mass is 9.72. The standard InChI is InChI=1S/C20H22O5/c1-19(2,3)16(21)12-20(17(22)23,18(24)25)11-14-9-6-8-13-7-4-5-10-15(13)14/h4-10H,11-12H2,1-3H3,(H,22,23)(H,24,25). The molecular formula is C20H22O5. The molecule has 5 nitrogen and oxygen atoms in total. The fourth-order valence-corrected chi connectivity index (χ4v) is 2.77. The van der Waals surface area contributed by atoms with E-state index in [0.717, 1.165) is 10.8 Å². The van der Waals surface area contributed by atoms with Crippen molar-refractivity contribution in [1.29, 1.82) is 0 Å². The number of fused-ring (bicyclic) bond motifs is 1. The lowest BCUT2D eigenvalue weighted by Crippen LogP contribution is -2.45. The van der Waals surface area contributed by atoms with Gasteiger partial charge < -0.3 is 10.2 Å². The van der Waals surface area contributed by atoms with Gasteiger partial charge in [0.25, 0.3) is 0 Å².